The van der Waals surface area contributed by atoms with E-state index < -0.39 is 16.0 Å². The Morgan fingerprint density at radius 1 is 1.39 bits per heavy atom. The summed E-state index contributed by atoms with van der Waals surface area (Å²) >= 11 is 0. The Kier molecular flexibility index (Phi) is 7.01. The van der Waals surface area contributed by atoms with E-state index in [0.717, 1.165) is 12.8 Å². The third-order valence-corrected chi connectivity index (χ3v) is 6.03. The highest BCUT2D eigenvalue weighted by atomic mass is 35.5. The summed E-state index contributed by atoms with van der Waals surface area (Å²) in [4.78, 5) is 11.8. The number of ether oxygens (including phenoxy) is 1. The minimum Gasteiger partial charge on any atom is -0.465 e. The number of nitrogens with zero attached hydrogens (tertiary/aromatic N) is 1. The SMILES string of the molecule is CNC1CCCN(S(=O)(=O)c2ccc(C(=O)OC)cc2C)C1.Cl. The van der Waals surface area contributed by atoms with Crippen LogP contribution in [-0.4, -0.2) is 52.0 Å². The van der Waals surface area contributed by atoms with Gasteiger partial charge in [-0.1, -0.05) is 0 Å². The molecule has 0 spiro atoms. The first-order valence-corrected chi connectivity index (χ1v) is 8.70. The van der Waals surface area contributed by atoms with E-state index in [1.165, 1.54) is 23.5 Å². The molecule has 0 bridgehead atoms. The molecule has 1 heterocycles. The minimum atomic E-state index is -3.54. The largest absolute Gasteiger partial charge is 0.465 e. The highest BCUT2D eigenvalue weighted by Crippen LogP contribution is 2.24. The van der Waals surface area contributed by atoms with Crippen LogP contribution in [0.1, 0.15) is 28.8 Å². The lowest BCUT2D eigenvalue weighted by Gasteiger charge is -2.32. The van der Waals surface area contributed by atoms with Crippen molar-refractivity contribution in [1.29, 1.82) is 0 Å². The predicted molar refractivity (Wildman–Crippen MR) is 90.6 cm³/mol. The molecule has 130 valence electrons. The van der Waals surface area contributed by atoms with Gasteiger partial charge < -0.3 is 10.1 Å². The Morgan fingerprint density at radius 2 is 2.09 bits per heavy atom. The van der Waals surface area contributed by atoms with Gasteiger partial charge >= 0.3 is 5.97 Å². The lowest BCUT2D eigenvalue weighted by molar-refractivity contribution is 0.0600. The second kappa shape index (κ2) is 8.10. The van der Waals surface area contributed by atoms with E-state index >= 15 is 0 Å². The summed E-state index contributed by atoms with van der Waals surface area (Å²) in [5.74, 6) is -0.472. The molecule has 23 heavy (non-hydrogen) atoms. The molecule has 0 aliphatic carbocycles. The van der Waals surface area contributed by atoms with Gasteiger partial charge in [0.25, 0.3) is 0 Å². The number of rotatable bonds is 4. The van der Waals surface area contributed by atoms with Crippen molar-refractivity contribution >= 4 is 28.4 Å². The molecule has 1 saturated heterocycles. The molecule has 0 radical (unpaired) electrons. The number of carbonyl (C=O) groups is 1. The maximum Gasteiger partial charge on any atom is 0.337 e. The summed E-state index contributed by atoms with van der Waals surface area (Å²) in [6.07, 6.45) is 1.81. The van der Waals surface area contributed by atoms with Gasteiger partial charge in [-0.2, -0.15) is 4.31 Å². The number of sulfonamides is 1. The van der Waals surface area contributed by atoms with Gasteiger partial charge in [0.2, 0.25) is 10.0 Å². The van der Waals surface area contributed by atoms with Gasteiger partial charge in [-0.15, -0.1) is 12.4 Å². The summed E-state index contributed by atoms with van der Waals surface area (Å²) in [7, 11) is -0.400. The molecule has 1 fully saturated rings. The number of aryl methyl sites for hydroxylation is 1. The third-order valence-electron chi connectivity index (χ3n) is 4.01. The predicted octanol–water partition coefficient (Wildman–Crippen LogP) is 1.58. The fourth-order valence-electron chi connectivity index (χ4n) is 2.72. The highest BCUT2D eigenvalue weighted by Gasteiger charge is 2.30. The molecule has 2 rings (SSSR count). The maximum absolute atomic E-state index is 12.8. The molecule has 1 atom stereocenters. The Morgan fingerprint density at radius 3 is 2.65 bits per heavy atom. The number of esters is 1. The maximum atomic E-state index is 12.8. The van der Waals surface area contributed by atoms with Crippen LogP contribution in [0.3, 0.4) is 0 Å². The Balaban J connectivity index is 0.00000264. The first-order valence-electron chi connectivity index (χ1n) is 7.26. The van der Waals surface area contributed by atoms with Gasteiger partial charge in [-0.3, -0.25) is 0 Å². The normalized spacial score (nSPS) is 19.0. The average Bonchev–Trinajstić information content (AvgIpc) is 2.53. The zero-order valence-corrected chi connectivity index (χ0v) is 15.2. The van der Waals surface area contributed by atoms with E-state index in [4.69, 9.17) is 0 Å². The van der Waals surface area contributed by atoms with Crippen molar-refractivity contribution in [2.75, 3.05) is 27.2 Å². The molecule has 8 heteroatoms. The number of methoxy groups -OCH3 is 1. The summed E-state index contributed by atoms with van der Waals surface area (Å²) in [5, 5.41) is 3.14. The number of hydrogen-bond acceptors (Lipinski definition) is 5. The number of halogens is 1. The molecule has 1 aliphatic rings. The van der Waals surface area contributed by atoms with E-state index in [2.05, 4.69) is 10.1 Å². The lowest BCUT2D eigenvalue weighted by Crippen LogP contribution is -2.46. The van der Waals surface area contributed by atoms with Gasteiger partial charge in [0.05, 0.1) is 17.6 Å². The Labute approximate surface area is 143 Å². The highest BCUT2D eigenvalue weighted by molar-refractivity contribution is 7.89. The van der Waals surface area contributed by atoms with Crippen LogP contribution in [0.2, 0.25) is 0 Å². The number of hydrogen-bond donors (Lipinski definition) is 1. The van der Waals surface area contributed by atoms with Crippen LogP contribution in [0.5, 0.6) is 0 Å². The number of piperidine rings is 1. The number of likely N-dealkylation sites (N-methyl/N-ethyl adjacent to an activating group) is 1. The van der Waals surface area contributed by atoms with Crippen molar-refractivity contribution in [2.45, 2.75) is 30.7 Å². The standard InChI is InChI=1S/C15H22N2O4S.ClH/c1-11-9-12(15(18)21-3)6-7-14(11)22(19,20)17-8-4-5-13(10-17)16-2;/h6-7,9,13,16H,4-5,8,10H2,1-3H3;1H. The summed E-state index contributed by atoms with van der Waals surface area (Å²) in [5.41, 5.74) is 0.903. The van der Waals surface area contributed by atoms with Crippen LogP contribution >= 0.6 is 12.4 Å². The van der Waals surface area contributed by atoms with Gasteiger partial charge in [0, 0.05) is 19.1 Å². The fourth-order valence-corrected chi connectivity index (χ4v) is 4.45. The van der Waals surface area contributed by atoms with E-state index in [0.29, 0.717) is 24.2 Å². The van der Waals surface area contributed by atoms with Gasteiger partial charge in [0.15, 0.2) is 0 Å². The van der Waals surface area contributed by atoms with Gasteiger partial charge in [0.1, 0.15) is 0 Å². The smallest absolute Gasteiger partial charge is 0.337 e. The van der Waals surface area contributed by atoms with E-state index in [9.17, 15) is 13.2 Å². The van der Waals surface area contributed by atoms with Crippen molar-refractivity contribution < 1.29 is 17.9 Å². The van der Waals surface area contributed by atoms with Crippen molar-refractivity contribution in [3.05, 3.63) is 29.3 Å². The molecule has 1 unspecified atom stereocenters. The summed E-state index contributed by atoms with van der Waals surface area (Å²) in [6.45, 7) is 2.69. The van der Waals surface area contributed by atoms with Crippen molar-refractivity contribution in [1.82, 2.24) is 9.62 Å². The van der Waals surface area contributed by atoms with Crippen LogP contribution in [0.15, 0.2) is 23.1 Å². The lowest BCUT2D eigenvalue weighted by atomic mass is 10.1. The van der Waals surface area contributed by atoms with Crippen LogP contribution < -0.4 is 5.32 Å². The minimum absolute atomic E-state index is 0. The molecule has 0 aromatic heterocycles. The monoisotopic (exact) mass is 362 g/mol. The van der Waals surface area contributed by atoms with Crippen LogP contribution in [0.25, 0.3) is 0 Å². The fraction of sp³-hybridized carbons (Fsp3) is 0.533. The van der Waals surface area contributed by atoms with Crippen molar-refractivity contribution in [3.63, 3.8) is 0 Å². The number of benzene rings is 1. The molecular weight excluding hydrogens is 340 g/mol. The third kappa shape index (κ3) is 4.23. The van der Waals surface area contributed by atoms with Gasteiger partial charge in [-0.25, -0.2) is 13.2 Å². The van der Waals surface area contributed by atoms with E-state index in [-0.39, 0.29) is 23.3 Å². The first-order chi connectivity index (χ1) is 10.4. The van der Waals surface area contributed by atoms with Crippen molar-refractivity contribution in [2.24, 2.45) is 0 Å². The second-order valence-electron chi connectivity index (χ2n) is 5.46. The molecule has 6 nitrogen and oxygen atoms in total. The first kappa shape index (κ1) is 19.9. The molecule has 0 amide bonds. The van der Waals surface area contributed by atoms with Crippen LogP contribution in [0, 0.1) is 6.92 Å². The number of carbonyl (C=O) groups excluding carboxylic acids is 1. The molecule has 1 aliphatic heterocycles. The Hall–Kier alpha value is -1.15. The van der Waals surface area contributed by atoms with Crippen LogP contribution in [0.4, 0.5) is 0 Å². The molecular formula is C15H23ClN2O4S. The molecule has 1 aromatic carbocycles. The van der Waals surface area contributed by atoms with Gasteiger partial charge in [-0.05, 0) is 50.6 Å². The van der Waals surface area contributed by atoms with E-state index in [1.807, 2.05) is 7.05 Å². The second-order valence-corrected chi connectivity index (χ2v) is 7.37. The van der Waals surface area contributed by atoms with E-state index in [1.54, 1.807) is 13.0 Å². The quantitative estimate of drug-likeness (QED) is 0.823. The zero-order chi connectivity index (χ0) is 16.3. The average molecular weight is 363 g/mol. The molecule has 1 aromatic rings. The van der Waals surface area contributed by atoms with Crippen LogP contribution in [-0.2, 0) is 14.8 Å². The summed E-state index contributed by atoms with van der Waals surface area (Å²) in [6, 6.07) is 4.71. The number of nitrogens with one attached hydrogen (secondary N) is 1. The zero-order valence-electron chi connectivity index (χ0n) is 13.5. The van der Waals surface area contributed by atoms with Crippen molar-refractivity contribution in [3.8, 4) is 0 Å². The topological polar surface area (TPSA) is 75.7 Å². The summed E-state index contributed by atoms with van der Waals surface area (Å²) < 4.78 is 31.8. The molecule has 1 N–H and O–H groups in total. The Bertz CT molecular complexity index is 663. The molecule has 0 saturated carbocycles.